The molecule has 0 aliphatic carbocycles. The Hall–Kier alpha value is -5.02. The van der Waals surface area contributed by atoms with E-state index in [2.05, 4.69) is 21.1 Å². The minimum Gasteiger partial charge on any atom is -0.272 e. The van der Waals surface area contributed by atoms with E-state index in [1.807, 2.05) is 0 Å². The van der Waals surface area contributed by atoms with Gasteiger partial charge < -0.3 is 0 Å². The van der Waals surface area contributed by atoms with E-state index in [0.29, 0.717) is 30.7 Å². The maximum Gasteiger partial charge on any atom is 0.301 e. The van der Waals surface area contributed by atoms with Crippen LogP contribution in [-0.4, -0.2) is 31.1 Å². The summed E-state index contributed by atoms with van der Waals surface area (Å²) in [6, 6.07) is 6.34. The van der Waals surface area contributed by atoms with E-state index in [1.165, 1.54) is 12.1 Å². The first-order valence-corrected chi connectivity index (χ1v) is 9.93. The number of nitro benzene ring substituents is 4. The van der Waals surface area contributed by atoms with Crippen molar-refractivity contribution >= 4 is 45.5 Å². The fourth-order valence-corrected chi connectivity index (χ4v) is 2.78. The van der Waals surface area contributed by atoms with Gasteiger partial charge in [-0.2, -0.15) is 10.2 Å². The van der Waals surface area contributed by atoms with E-state index >= 15 is 0 Å². The number of hydrogen-bond donors (Lipinski definition) is 2. The van der Waals surface area contributed by atoms with Gasteiger partial charge in [-0.05, 0) is 45.2 Å². The molecule has 16 heteroatoms. The van der Waals surface area contributed by atoms with Crippen molar-refractivity contribution < 1.29 is 19.7 Å². The van der Waals surface area contributed by atoms with E-state index in [-0.39, 0.29) is 11.4 Å². The van der Waals surface area contributed by atoms with Crippen molar-refractivity contribution in [2.24, 2.45) is 10.2 Å². The van der Waals surface area contributed by atoms with Gasteiger partial charge in [0.15, 0.2) is 0 Å². The molecule has 0 unspecified atom stereocenters. The Morgan fingerprint density at radius 3 is 1.37 bits per heavy atom. The standard InChI is InChI=1S/C19H20N8O8/c1-12(20-22-16-8-6-14(24(28)29)10-18(16)26(32)33)4-3-5-13(2)21-23-17-9-7-15(25(30)31)11-19(17)27(34)35/h6-11,22-23H,3-5H2,1-2H3/b20-12+,21-13+. The minimum absolute atomic E-state index is 0.00610. The third-order valence-corrected chi connectivity index (χ3v) is 4.59. The topological polar surface area (TPSA) is 221 Å². The second kappa shape index (κ2) is 11.7. The zero-order valence-electron chi connectivity index (χ0n) is 18.5. The van der Waals surface area contributed by atoms with Crippen molar-refractivity contribution in [2.45, 2.75) is 33.1 Å². The second-order valence-electron chi connectivity index (χ2n) is 7.20. The van der Waals surface area contributed by atoms with Crippen LogP contribution in [0.3, 0.4) is 0 Å². The summed E-state index contributed by atoms with van der Waals surface area (Å²) in [6.07, 6.45) is 1.55. The molecule has 0 bridgehead atoms. The Balaban J connectivity index is 1.95. The van der Waals surface area contributed by atoms with Crippen molar-refractivity contribution in [3.63, 3.8) is 0 Å². The van der Waals surface area contributed by atoms with Crippen molar-refractivity contribution in [3.05, 3.63) is 76.9 Å². The number of benzene rings is 2. The highest BCUT2D eigenvalue weighted by Gasteiger charge is 2.20. The molecule has 16 nitrogen and oxygen atoms in total. The number of anilines is 2. The Labute approximate surface area is 196 Å². The van der Waals surface area contributed by atoms with Crippen LogP contribution in [-0.2, 0) is 0 Å². The Morgan fingerprint density at radius 2 is 1.06 bits per heavy atom. The van der Waals surface area contributed by atoms with Crippen LogP contribution >= 0.6 is 0 Å². The van der Waals surface area contributed by atoms with E-state index < -0.39 is 42.4 Å². The Kier molecular flexibility index (Phi) is 8.79. The van der Waals surface area contributed by atoms with Crippen LogP contribution in [0.15, 0.2) is 46.6 Å². The van der Waals surface area contributed by atoms with Crippen LogP contribution in [0.2, 0.25) is 0 Å². The molecule has 0 aliphatic rings. The summed E-state index contributed by atoms with van der Waals surface area (Å²) in [5, 5.41) is 52.1. The molecular formula is C19H20N8O8. The third kappa shape index (κ3) is 7.52. The fraction of sp³-hybridized carbons (Fsp3) is 0.263. The molecular weight excluding hydrogens is 468 g/mol. The molecule has 2 aromatic carbocycles. The van der Waals surface area contributed by atoms with Crippen molar-refractivity contribution in [3.8, 4) is 0 Å². The lowest BCUT2D eigenvalue weighted by molar-refractivity contribution is -0.393. The molecule has 0 aliphatic heterocycles. The van der Waals surface area contributed by atoms with Gasteiger partial charge in [0, 0.05) is 23.6 Å². The zero-order chi connectivity index (χ0) is 26.1. The normalized spacial score (nSPS) is 11.6. The van der Waals surface area contributed by atoms with Gasteiger partial charge in [-0.25, -0.2) is 0 Å². The average Bonchev–Trinajstić information content (AvgIpc) is 2.80. The molecule has 2 rings (SSSR count). The average molecular weight is 488 g/mol. The molecule has 0 amide bonds. The van der Waals surface area contributed by atoms with Crippen LogP contribution in [0.1, 0.15) is 33.1 Å². The highest BCUT2D eigenvalue weighted by molar-refractivity contribution is 5.85. The molecule has 2 aromatic rings. The lowest BCUT2D eigenvalue weighted by Crippen LogP contribution is -2.04. The molecule has 35 heavy (non-hydrogen) atoms. The smallest absolute Gasteiger partial charge is 0.272 e. The SMILES string of the molecule is C/C(CCC/C(C)=N/Nc1ccc([N+](=O)[O-])cc1[N+](=O)[O-])=N\Nc1ccc([N+](=O)[O-])cc1[N+](=O)[O-]. The molecule has 0 atom stereocenters. The lowest BCUT2D eigenvalue weighted by Gasteiger charge is -2.06. The maximum atomic E-state index is 11.2. The second-order valence-corrected chi connectivity index (χ2v) is 7.20. The highest BCUT2D eigenvalue weighted by Crippen LogP contribution is 2.30. The van der Waals surface area contributed by atoms with Gasteiger partial charge in [0.05, 0.1) is 31.8 Å². The van der Waals surface area contributed by atoms with Crippen molar-refractivity contribution in [2.75, 3.05) is 10.9 Å². The van der Waals surface area contributed by atoms with E-state index in [1.54, 1.807) is 13.8 Å². The van der Waals surface area contributed by atoms with Gasteiger partial charge in [-0.1, -0.05) is 0 Å². The summed E-state index contributed by atoms with van der Waals surface area (Å²) in [7, 11) is 0. The number of nitrogens with zero attached hydrogens (tertiary/aromatic N) is 6. The van der Waals surface area contributed by atoms with Crippen LogP contribution in [0.5, 0.6) is 0 Å². The largest absolute Gasteiger partial charge is 0.301 e. The minimum atomic E-state index is -0.748. The van der Waals surface area contributed by atoms with Crippen LogP contribution in [0.25, 0.3) is 0 Å². The number of nitrogens with one attached hydrogen (secondary N) is 2. The molecule has 2 N–H and O–H groups in total. The number of hydrogen-bond acceptors (Lipinski definition) is 12. The van der Waals surface area contributed by atoms with Gasteiger partial charge in [0.25, 0.3) is 11.4 Å². The van der Waals surface area contributed by atoms with Crippen LogP contribution < -0.4 is 10.9 Å². The summed E-state index contributed by atoms with van der Waals surface area (Å²) < 4.78 is 0. The highest BCUT2D eigenvalue weighted by atomic mass is 16.6. The van der Waals surface area contributed by atoms with Crippen molar-refractivity contribution in [1.82, 2.24) is 0 Å². The van der Waals surface area contributed by atoms with Gasteiger partial charge in [-0.3, -0.25) is 51.3 Å². The Bertz CT molecular complexity index is 1130. The number of nitro groups is 4. The maximum absolute atomic E-state index is 11.2. The van der Waals surface area contributed by atoms with E-state index in [9.17, 15) is 40.5 Å². The number of non-ortho nitro benzene ring substituents is 2. The van der Waals surface area contributed by atoms with Gasteiger partial charge in [0.1, 0.15) is 11.4 Å². The monoisotopic (exact) mass is 488 g/mol. The van der Waals surface area contributed by atoms with Crippen LogP contribution in [0, 0.1) is 40.5 Å². The number of hydrazone groups is 2. The molecule has 0 radical (unpaired) electrons. The first-order chi connectivity index (χ1) is 16.5. The molecule has 0 heterocycles. The molecule has 184 valence electrons. The summed E-state index contributed by atoms with van der Waals surface area (Å²) >= 11 is 0. The summed E-state index contributed by atoms with van der Waals surface area (Å²) in [4.78, 5) is 41.0. The first-order valence-electron chi connectivity index (χ1n) is 9.93. The quantitative estimate of drug-likeness (QED) is 0.236. The van der Waals surface area contributed by atoms with Gasteiger partial charge in [-0.15, -0.1) is 0 Å². The molecule has 0 saturated heterocycles. The van der Waals surface area contributed by atoms with Gasteiger partial charge in [0.2, 0.25) is 0 Å². The summed E-state index contributed by atoms with van der Waals surface area (Å²) in [6.45, 7) is 3.38. The van der Waals surface area contributed by atoms with Crippen LogP contribution in [0.4, 0.5) is 34.1 Å². The zero-order valence-corrected chi connectivity index (χ0v) is 18.5. The van der Waals surface area contributed by atoms with Crippen molar-refractivity contribution in [1.29, 1.82) is 0 Å². The van der Waals surface area contributed by atoms with E-state index in [4.69, 9.17) is 0 Å². The molecule has 0 saturated carbocycles. The molecule has 0 fully saturated rings. The lowest BCUT2D eigenvalue weighted by atomic mass is 10.1. The summed E-state index contributed by atoms with van der Waals surface area (Å²) in [5.41, 5.74) is 4.52. The molecule has 0 spiro atoms. The molecule has 0 aromatic heterocycles. The fourth-order valence-electron chi connectivity index (χ4n) is 2.78. The van der Waals surface area contributed by atoms with E-state index in [0.717, 1.165) is 24.3 Å². The Morgan fingerprint density at radius 1 is 0.686 bits per heavy atom. The predicted molar refractivity (Wildman–Crippen MR) is 127 cm³/mol. The summed E-state index contributed by atoms with van der Waals surface area (Å²) in [5.74, 6) is 0. The predicted octanol–water partition coefficient (Wildman–Crippen LogP) is 4.77. The van der Waals surface area contributed by atoms with Gasteiger partial charge >= 0.3 is 11.4 Å². The first kappa shape index (κ1) is 26.2. The number of rotatable bonds is 12. The third-order valence-electron chi connectivity index (χ3n) is 4.59.